The molecule has 0 bridgehead atoms. The Morgan fingerprint density at radius 1 is 1.38 bits per heavy atom. The van der Waals surface area contributed by atoms with Crippen LogP contribution in [0.15, 0.2) is 30.3 Å². The Kier molecular flexibility index (Phi) is 3.54. The topological polar surface area (TPSA) is 61.4 Å². The predicted octanol–water partition coefficient (Wildman–Crippen LogP) is 0.796. The molecule has 2 atom stereocenters. The molecule has 1 fully saturated rings. The lowest BCUT2D eigenvalue weighted by Crippen LogP contribution is -2.34. The summed E-state index contributed by atoms with van der Waals surface area (Å²) in [6.45, 7) is 0.826. The molecule has 0 spiro atoms. The zero-order chi connectivity index (χ0) is 11.4. The quantitative estimate of drug-likeness (QED) is 0.702. The van der Waals surface area contributed by atoms with Gasteiger partial charge in [0.25, 0.3) is 0 Å². The first-order valence-electron chi connectivity index (χ1n) is 5.50. The van der Waals surface area contributed by atoms with Gasteiger partial charge in [-0.05, 0) is 17.9 Å². The van der Waals surface area contributed by atoms with Crippen molar-refractivity contribution in [3.63, 3.8) is 0 Å². The Balaban J connectivity index is 1.96. The largest absolute Gasteiger partial charge is 0.481 e. The number of rotatable bonds is 4. The maximum absolute atomic E-state index is 10.7. The van der Waals surface area contributed by atoms with Crippen LogP contribution in [0.5, 0.6) is 0 Å². The molecule has 1 aliphatic heterocycles. The lowest BCUT2D eigenvalue weighted by atomic mass is 9.92. The minimum atomic E-state index is -0.751. The molecular weight excluding hydrogens is 204 g/mol. The number of carbonyl (C=O) groups is 1. The fourth-order valence-electron chi connectivity index (χ4n) is 2.12. The number of carboxylic acid groups (broad SMARTS) is 1. The Morgan fingerprint density at radius 2 is 2.12 bits per heavy atom. The number of aliphatic carboxylic acids is 1. The minimum absolute atomic E-state index is 0.0257. The average molecular weight is 220 g/mol. The van der Waals surface area contributed by atoms with Gasteiger partial charge in [-0.2, -0.15) is 0 Å². The summed E-state index contributed by atoms with van der Waals surface area (Å²) in [5.74, 6) is -0.405. The van der Waals surface area contributed by atoms with Crippen LogP contribution in [0, 0.1) is 5.92 Å². The van der Waals surface area contributed by atoms with Gasteiger partial charge in [0.1, 0.15) is 0 Å². The maximum atomic E-state index is 10.7. The first kappa shape index (κ1) is 11.1. The van der Waals surface area contributed by atoms with E-state index in [1.54, 1.807) is 0 Å². The summed E-state index contributed by atoms with van der Waals surface area (Å²) in [6.07, 6.45) is 1.09. The monoisotopic (exact) mass is 220 g/mol. The van der Waals surface area contributed by atoms with Crippen molar-refractivity contribution >= 4 is 5.97 Å². The normalized spacial score (nSPS) is 24.5. The number of hydrogen-bond donors (Lipinski definition) is 3. The van der Waals surface area contributed by atoms with Crippen LogP contribution in [0.4, 0.5) is 0 Å². The van der Waals surface area contributed by atoms with Gasteiger partial charge in [-0.1, -0.05) is 30.3 Å². The van der Waals surface area contributed by atoms with Gasteiger partial charge >= 0.3 is 5.97 Å². The molecular formula is C12H16N2O2. The molecule has 2 unspecified atom stereocenters. The molecule has 4 heteroatoms. The second-order valence-corrected chi connectivity index (χ2v) is 4.18. The van der Waals surface area contributed by atoms with Crippen LogP contribution < -0.4 is 10.9 Å². The Bertz CT molecular complexity index is 353. The molecule has 0 aromatic heterocycles. The van der Waals surface area contributed by atoms with Crippen molar-refractivity contribution in [3.8, 4) is 0 Å². The molecule has 1 aromatic rings. The van der Waals surface area contributed by atoms with Crippen molar-refractivity contribution in [1.82, 2.24) is 10.9 Å². The second kappa shape index (κ2) is 5.09. The van der Waals surface area contributed by atoms with E-state index in [1.165, 1.54) is 5.56 Å². The van der Waals surface area contributed by atoms with E-state index >= 15 is 0 Å². The summed E-state index contributed by atoms with van der Waals surface area (Å²) in [4.78, 5) is 10.7. The molecule has 1 aromatic carbocycles. The molecule has 0 amide bonds. The van der Waals surface area contributed by atoms with E-state index in [4.69, 9.17) is 5.11 Å². The summed E-state index contributed by atoms with van der Waals surface area (Å²) in [5.41, 5.74) is 7.32. The van der Waals surface area contributed by atoms with Crippen molar-refractivity contribution in [2.24, 2.45) is 5.92 Å². The van der Waals surface area contributed by atoms with Crippen LogP contribution >= 0.6 is 0 Å². The van der Waals surface area contributed by atoms with Gasteiger partial charge in [-0.15, -0.1) is 0 Å². The SMILES string of the molecule is O=C(O)CC1NNCC1Cc1ccccc1. The van der Waals surface area contributed by atoms with Crippen molar-refractivity contribution in [1.29, 1.82) is 0 Å². The predicted molar refractivity (Wildman–Crippen MR) is 60.8 cm³/mol. The molecule has 16 heavy (non-hydrogen) atoms. The maximum Gasteiger partial charge on any atom is 0.304 e. The second-order valence-electron chi connectivity index (χ2n) is 4.18. The van der Waals surface area contributed by atoms with Gasteiger partial charge in [0.05, 0.1) is 6.42 Å². The van der Waals surface area contributed by atoms with Crippen molar-refractivity contribution < 1.29 is 9.90 Å². The molecule has 3 N–H and O–H groups in total. The fourth-order valence-corrected chi connectivity index (χ4v) is 2.12. The Labute approximate surface area is 94.6 Å². The van der Waals surface area contributed by atoms with E-state index in [9.17, 15) is 4.79 Å². The Hall–Kier alpha value is -1.39. The van der Waals surface area contributed by atoms with Gasteiger partial charge in [-0.25, -0.2) is 0 Å². The first-order valence-corrected chi connectivity index (χ1v) is 5.50. The van der Waals surface area contributed by atoms with Gasteiger partial charge in [-0.3, -0.25) is 15.6 Å². The van der Waals surface area contributed by atoms with E-state index in [1.807, 2.05) is 18.2 Å². The van der Waals surface area contributed by atoms with Gasteiger partial charge in [0.2, 0.25) is 0 Å². The van der Waals surface area contributed by atoms with Gasteiger partial charge in [0, 0.05) is 12.6 Å². The molecule has 1 heterocycles. The standard InChI is InChI=1S/C12H16N2O2/c15-12(16)7-11-10(8-13-14-11)6-9-4-2-1-3-5-9/h1-5,10-11,13-14H,6-8H2,(H,15,16). The van der Waals surface area contributed by atoms with Crippen LogP contribution in [0.2, 0.25) is 0 Å². The number of benzene rings is 1. The molecule has 1 aliphatic rings. The summed E-state index contributed by atoms with van der Waals surface area (Å²) in [6, 6.07) is 10.2. The smallest absolute Gasteiger partial charge is 0.304 e. The molecule has 1 saturated heterocycles. The fraction of sp³-hybridized carbons (Fsp3) is 0.417. The summed E-state index contributed by atoms with van der Waals surface area (Å²) < 4.78 is 0. The van der Waals surface area contributed by atoms with Gasteiger partial charge < -0.3 is 5.11 Å². The number of hydrazine groups is 1. The van der Waals surface area contributed by atoms with Crippen LogP contribution in [-0.4, -0.2) is 23.7 Å². The van der Waals surface area contributed by atoms with Crippen molar-refractivity contribution in [2.45, 2.75) is 18.9 Å². The molecule has 0 saturated carbocycles. The highest BCUT2D eigenvalue weighted by Crippen LogP contribution is 2.17. The molecule has 2 rings (SSSR count). The molecule has 0 aliphatic carbocycles. The molecule has 86 valence electrons. The average Bonchev–Trinajstić information content (AvgIpc) is 2.66. The highest BCUT2D eigenvalue weighted by molar-refractivity contribution is 5.67. The number of hydrogen-bond acceptors (Lipinski definition) is 3. The third-order valence-electron chi connectivity index (χ3n) is 2.96. The van der Waals surface area contributed by atoms with Crippen LogP contribution in [0.1, 0.15) is 12.0 Å². The third-order valence-corrected chi connectivity index (χ3v) is 2.96. The summed E-state index contributed by atoms with van der Waals surface area (Å²) in [7, 11) is 0. The van der Waals surface area contributed by atoms with Gasteiger partial charge in [0.15, 0.2) is 0 Å². The van der Waals surface area contributed by atoms with E-state index in [0.717, 1.165) is 13.0 Å². The zero-order valence-electron chi connectivity index (χ0n) is 9.02. The minimum Gasteiger partial charge on any atom is -0.481 e. The number of nitrogens with one attached hydrogen (secondary N) is 2. The van der Waals surface area contributed by atoms with Crippen molar-refractivity contribution in [2.75, 3.05) is 6.54 Å². The first-order chi connectivity index (χ1) is 7.75. The third kappa shape index (κ3) is 2.81. The zero-order valence-corrected chi connectivity index (χ0v) is 9.02. The lowest BCUT2D eigenvalue weighted by molar-refractivity contribution is -0.137. The lowest BCUT2D eigenvalue weighted by Gasteiger charge is -2.16. The molecule has 0 radical (unpaired) electrons. The summed E-state index contributed by atoms with van der Waals surface area (Å²) in [5, 5.41) is 8.79. The highest BCUT2D eigenvalue weighted by Gasteiger charge is 2.28. The van der Waals surface area contributed by atoms with Crippen LogP contribution in [-0.2, 0) is 11.2 Å². The van der Waals surface area contributed by atoms with E-state index in [2.05, 4.69) is 23.0 Å². The van der Waals surface area contributed by atoms with E-state index in [-0.39, 0.29) is 12.5 Å². The van der Waals surface area contributed by atoms with E-state index < -0.39 is 5.97 Å². The van der Waals surface area contributed by atoms with Crippen LogP contribution in [0.3, 0.4) is 0 Å². The van der Waals surface area contributed by atoms with Crippen LogP contribution in [0.25, 0.3) is 0 Å². The highest BCUT2D eigenvalue weighted by atomic mass is 16.4. The molecule has 4 nitrogen and oxygen atoms in total. The van der Waals surface area contributed by atoms with E-state index in [0.29, 0.717) is 5.92 Å². The summed E-state index contributed by atoms with van der Waals surface area (Å²) >= 11 is 0. The number of carboxylic acids is 1. The van der Waals surface area contributed by atoms with Crippen molar-refractivity contribution in [3.05, 3.63) is 35.9 Å². The Morgan fingerprint density at radius 3 is 2.81 bits per heavy atom.